The number of ether oxygens (including phenoxy) is 2. The molecule has 0 spiro atoms. The summed E-state index contributed by atoms with van der Waals surface area (Å²) in [6.07, 6.45) is 3.26. The molecule has 196 valence electrons. The lowest BCUT2D eigenvalue weighted by molar-refractivity contribution is -0.131. The average Bonchev–Trinajstić information content (AvgIpc) is 2.86. The van der Waals surface area contributed by atoms with Crippen LogP contribution in [0.5, 0.6) is 0 Å². The molecule has 0 aliphatic heterocycles. The number of hydrogen-bond donors (Lipinski definition) is 5. The van der Waals surface area contributed by atoms with Gasteiger partial charge in [0.2, 0.25) is 11.8 Å². The predicted octanol–water partition coefficient (Wildman–Crippen LogP) is 1.27. The molecule has 5 N–H and O–H groups in total. The van der Waals surface area contributed by atoms with Crippen molar-refractivity contribution in [2.45, 2.75) is 44.8 Å². The van der Waals surface area contributed by atoms with Gasteiger partial charge in [0.25, 0.3) is 0 Å². The second-order valence-electron chi connectivity index (χ2n) is 7.98. The highest BCUT2D eigenvalue weighted by molar-refractivity contribution is 5.86. The van der Waals surface area contributed by atoms with Gasteiger partial charge in [0, 0.05) is 19.5 Å². The zero-order chi connectivity index (χ0) is 25.7. The van der Waals surface area contributed by atoms with E-state index in [2.05, 4.69) is 22.5 Å². The molecule has 3 amide bonds. The number of carbonyl (C=O) groups is 3. The number of allylic oxidation sites excluding steroid dienone is 1. The molecule has 1 rings (SSSR count). The van der Waals surface area contributed by atoms with Crippen LogP contribution in [-0.4, -0.2) is 73.7 Å². The van der Waals surface area contributed by atoms with Gasteiger partial charge in [0.15, 0.2) is 0 Å². The molecule has 0 fully saturated rings. The maximum atomic E-state index is 12.6. The summed E-state index contributed by atoms with van der Waals surface area (Å²) < 4.78 is 10.2. The number of nitrogens with one attached hydrogen (secondary N) is 3. The van der Waals surface area contributed by atoms with Crippen LogP contribution in [0.4, 0.5) is 4.79 Å². The van der Waals surface area contributed by atoms with Crippen LogP contribution in [0.1, 0.15) is 37.7 Å². The summed E-state index contributed by atoms with van der Waals surface area (Å²) in [5, 5.41) is 26.5. The van der Waals surface area contributed by atoms with Gasteiger partial charge in [-0.15, -0.1) is 6.58 Å². The third kappa shape index (κ3) is 14.8. The minimum Gasteiger partial charge on any atom is -0.445 e. The number of carbonyl (C=O) groups excluding carboxylic acids is 3. The van der Waals surface area contributed by atoms with Gasteiger partial charge in [0.05, 0.1) is 38.4 Å². The third-order valence-corrected chi connectivity index (χ3v) is 5.09. The summed E-state index contributed by atoms with van der Waals surface area (Å²) in [5.41, 5.74) is 0.906. The van der Waals surface area contributed by atoms with E-state index in [4.69, 9.17) is 14.6 Å². The van der Waals surface area contributed by atoms with Gasteiger partial charge >= 0.3 is 6.09 Å². The summed E-state index contributed by atoms with van der Waals surface area (Å²) in [7, 11) is 0. The highest BCUT2D eigenvalue weighted by Crippen LogP contribution is 2.11. The highest BCUT2D eigenvalue weighted by atomic mass is 16.5. The van der Waals surface area contributed by atoms with E-state index in [-0.39, 0.29) is 57.8 Å². The number of benzene rings is 1. The second-order valence-corrected chi connectivity index (χ2v) is 7.98. The van der Waals surface area contributed by atoms with Crippen LogP contribution in [0.3, 0.4) is 0 Å². The van der Waals surface area contributed by atoms with Gasteiger partial charge in [-0.05, 0) is 31.2 Å². The smallest absolute Gasteiger partial charge is 0.407 e. The van der Waals surface area contributed by atoms with Crippen LogP contribution >= 0.6 is 0 Å². The van der Waals surface area contributed by atoms with Crippen molar-refractivity contribution in [2.75, 3.05) is 39.5 Å². The molecule has 0 saturated carbocycles. The molecule has 0 bridgehead atoms. The molecular formula is C25H39N3O7. The fourth-order valence-electron chi connectivity index (χ4n) is 3.22. The van der Waals surface area contributed by atoms with Crippen molar-refractivity contribution in [3.63, 3.8) is 0 Å². The molecule has 2 atom stereocenters. The molecule has 10 nitrogen and oxygen atoms in total. The minimum atomic E-state index is -0.596. The third-order valence-electron chi connectivity index (χ3n) is 5.09. The minimum absolute atomic E-state index is 0.00891. The zero-order valence-corrected chi connectivity index (χ0v) is 20.2. The molecule has 35 heavy (non-hydrogen) atoms. The van der Waals surface area contributed by atoms with Crippen LogP contribution in [-0.2, 0) is 25.7 Å². The van der Waals surface area contributed by atoms with Crippen molar-refractivity contribution in [3.8, 4) is 0 Å². The van der Waals surface area contributed by atoms with Crippen molar-refractivity contribution in [2.24, 2.45) is 5.92 Å². The van der Waals surface area contributed by atoms with E-state index in [1.807, 2.05) is 30.3 Å². The van der Waals surface area contributed by atoms with Crippen molar-refractivity contribution in [1.82, 2.24) is 16.0 Å². The van der Waals surface area contributed by atoms with Gasteiger partial charge in [-0.1, -0.05) is 36.4 Å². The van der Waals surface area contributed by atoms with E-state index < -0.39 is 18.1 Å². The van der Waals surface area contributed by atoms with Crippen molar-refractivity contribution < 1.29 is 34.1 Å². The first kappa shape index (κ1) is 30.1. The lowest BCUT2D eigenvalue weighted by atomic mass is 9.98. The van der Waals surface area contributed by atoms with Gasteiger partial charge in [-0.2, -0.15) is 0 Å². The predicted molar refractivity (Wildman–Crippen MR) is 131 cm³/mol. The number of aliphatic hydroxyl groups excluding tert-OH is 2. The molecule has 1 aromatic rings. The van der Waals surface area contributed by atoms with E-state index in [1.165, 1.54) is 0 Å². The number of alkyl carbamates (subject to hydrolysis) is 1. The van der Waals surface area contributed by atoms with Gasteiger partial charge in [-0.25, -0.2) is 4.79 Å². The molecule has 10 heteroatoms. The Morgan fingerprint density at radius 1 is 1.03 bits per heavy atom. The van der Waals surface area contributed by atoms with Crippen LogP contribution in [0.15, 0.2) is 43.0 Å². The Bertz CT molecular complexity index is 746. The fraction of sp³-hybridized carbons (Fsp3) is 0.560. The Morgan fingerprint density at radius 3 is 2.49 bits per heavy atom. The monoisotopic (exact) mass is 493 g/mol. The largest absolute Gasteiger partial charge is 0.445 e. The summed E-state index contributed by atoms with van der Waals surface area (Å²) in [6, 6.07) is 8.94. The van der Waals surface area contributed by atoms with E-state index in [0.717, 1.165) is 5.56 Å². The molecule has 0 saturated heterocycles. The first-order chi connectivity index (χ1) is 17.0. The number of aliphatic hydroxyl groups is 2. The van der Waals surface area contributed by atoms with Crippen molar-refractivity contribution in [1.29, 1.82) is 0 Å². The molecule has 0 radical (unpaired) electrons. The zero-order valence-electron chi connectivity index (χ0n) is 20.2. The lowest BCUT2D eigenvalue weighted by Gasteiger charge is -2.21. The molecular weight excluding hydrogens is 454 g/mol. The van der Waals surface area contributed by atoms with Crippen LogP contribution in [0, 0.1) is 5.92 Å². The van der Waals surface area contributed by atoms with Crippen LogP contribution in [0.25, 0.3) is 0 Å². The molecule has 2 unspecified atom stereocenters. The number of rotatable bonds is 19. The Balaban J connectivity index is 2.27. The van der Waals surface area contributed by atoms with E-state index in [1.54, 1.807) is 6.08 Å². The maximum Gasteiger partial charge on any atom is 0.407 e. The van der Waals surface area contributed by atoms with Crippen molar-refractivity contribution >= 4 is 17.9 Å². The Hall–Kier alpha value is -2.95. The molecule has 1 aromatic carbocycles. The van der Waals surface area contributed by atoms with Crippen LogP contribution < -0.4 is 16.0 Å². The Labute approximate surface area is 207 Å². The summed E-state index contributed by atoms with van der Waals surface area (Å²) in [5.74, 6) is -1.20. The van der Waals surface area contributed by atoms with E-state index >= 15 is 0 Å². The first-order valence-corrected chi connectivity index (χ1v) is 11.9. The Morgan fingerprint density at radius 2 is 1.80 bits per heavy atom. The van der Waals surface area contributed by atoms with Gasteiger partial charge < -0.3 is 35.6 Å². The summed E-state index contributed by atoms with van der Waals surface area (Å²) in [4.78, 5) is 36.5. The SMILES string of the molecule is C=CCC(CC(=O)NCCOCCO)C(=O)NC(CO)CCCCNC(=O)OCc1ccccc1. The molecule has 0 heterocycles. The fourth-order valence-corrected chi connectivity index (χ4v) is 3.22. The lowest BCUT2D eigenvalue weighted by Crippen LogP contribution is -2.42. The molecule has 0 aliphatic carbocycles. The average molecular weight is 494 g/mol. The van der Waals surface area contributed by atoms with Crippen LogP contribution in [0.2, 0.25) is 0 Å². The van der Waals surface area contributed by atoms with Crippen molar-refractivity contribution in [3.05, 3.63) is 48.6 Å². The Kier molecular flexibility index (Phi) is 16.6. The maximum absolute atomic E-state index is 12.6. The number of amides is 3. The summed E-state index contributed by atoms with van der Waals surface area (Å²) >= 11 is 0. The van der Waals surface area contributed by atoms with E-state index in [9.17, 15) is 19.5 Å². The highest BCUT2D eigenvalue weighted by Gasteiger charge is 2.23. The number of hydrogen-bond acceptors (Lipinski definition) is 7. The van der Waals surface area contributed by atoms with Gasteiger partial charge in [-0.3, -0.25) is 9.59 Å². The van der Waals surface area contributed by atoms with E-state index in [0.29, 0.717) is 32.2 Å². The topological polar surface area (TPSA) is 146 Å². The first-order valence-electron chi connectivity index (χ1n) is 11.9. The quantitative estimate of drug-likeness (QED) is 0.144. The second kappa shape index (κ2) is 19.4. The number of unbranched alkanes of at least 4 members (excludes halogenated alkanes) is 1. The summed E-state index contributed by atoms with van der Waals surface area (Å²) in [6.45, 7) is 4.72. The standard InChI is InChI=1S/C25H39N3O7/c1-2-8-21(17-23(31)26-13-15-34-16-14-29)24(32)28-22(18-30)11-6-7-12-27-25(33)35-19-20-9-4-3-5-10-20/h2-5,9-10,21-22,29-30H,1,6-8,11-19H2,(H,26,31)(H,27,33)(H,28,32). The molecule has 0 aromatic heterocycles. The molecule has 0 aliphatic rings. The van der Waals surface area contributed by atoms with Gasteiger partial charge in [0.1, 0.15) is 6.61 Å². The normalized spacial score (nSPS) is 12.3.